The average Bonchev–Trinajstić information content (AvgIpc) is 2.82. The topological polar surface area (TPSA) is 16.8 Å². The van der Waals surface area contributed by atoms with Crippen LogP contribution >= 0.6 is 23.1 Å². The monoisotopic (exact) mass is 312 g/mol. The minimum absolute atomic E-state index is 1.05. The summed E-state index contributed by atoms with van der Waals surface area (Å²) in [5, 5.41) is 0. The smallest absolute Gasteiger partial charge is 0.418 e. The zero-order chi connectivity index (χ0) is 14.6. The first kappa shape index (κ1) is 16.1. The lowest BCUT2D eigenvalue weighted by Gasteiger charge is -1.94. The number of hydrogen-bond acceptors (Lipinski definition) is 3. The fraction of sp³-hybridized carbons (Fsp3) is 0.400. The maximum absolute atomic E-state index is 9.75. The zero-order valence-electron chi connectivity index (χ0n) is 10.7. The largest absolute Gasteiger partial charge is 0.673 e. The van der Waals surface area contributed by atoms with E-state index in [0.717, 1.165) is 12.2 Å². The van der Waals surface area contributed by atoms with Gasteiger partial charge in [0.2, 0.25) is 0 Å². The van der Waals surface area contributed by atoms with Gasteiger partial charge >= 0.3 is 7.25 Å². The van der Waals surface area contributed by atoms with E-state index in [1.54, 1.807) is 11.5 Å². The molecule has 0 unspecified atom stereocenters. The molecule has 0 bridgehead atoms. The Hall–Kier alpha value is -0.955. The quantitative estimate of drug-likeness (QED) is 0.463. The molecule has 0 aliphatic heterocycles. The van der Waals surface area contributed by atoms with Crippen molar-refractivity contribution in [2.45, 2.75) is 27.3 Å². The van der Waals surface area contributed by atoms with Gasteiger partial charge in [-0.3, -0.25) is 0 Å². The van der Waals surface area contributed by atoms with Crippen LogP contribution in [0, 0.1) is 13.8 Å². The van der Waals surface area contributed by atoms with Crippen molar-refractivity contribution in [2.75, 3.05) is 0 Å². The van der Waals surface area contributed by atoms with Crippen molar-refractivity contribution >= 4 is 30.3 Å². The van der Waals surface area contributed by atoms with Crippen molar-refractivity contribution in [1.82, 2.24) is 4.37 Å². The summed E-state index contributed by atoms with van der Waals surface area (Å²) in [4.78, 5) is 2.61. The van der Waals surface area contributed by atoms with Crippen LogP contribution in [0.5, 0.6) is 0 Å². The molecule has 0 aliphatic rings. The predicted molar refractivity (Wildman–Crippen MR) is 71.0 cm³/mol. The molecule has 2 nitrogen and oxygen atoms in total. The fourth-order valence-corrected chi connectivity index (χ4v) is 3.21. The normalized spacial score (nSPS) is 11.1. The molecule has 0 radical (unpaired) electrons. The first-order valence-corrected chi connectivity index (χ1v) is 7.07. The lowest BCUT2D eigenvalue weighted by atomic mass is 10.3. The Bertz CT molecular complexity index is 530. The Morgan fingerprint density at radius 1 is 1.16 bits per heavy atom. The highest BCUT2D eigenvalue weighted by Crippen LogP contribution is 2.27. The number of hydrogen-bond donors (Lipinski definition) is 0. The van der Waals surface area contributed by atoms with Crippen molar-refractivity contribution in [3.8, 4) is 9.75 Å². The van der Waals surface area contributed by atoms with Crippen molar-refractivity contribution in [2.24, 2.45) is 0 Å². The van der Waals surface area contributed by atoms with Crippen LogP contribution in [-0.2, 0) is 6.54 Å². The maximum Gasteiger partial charge on any atom is 0.673 e. The highest BCUT2D eigenvalue weighted by Gasteiger charge is 2.20. The van der Waals surface area contributed by atoms with Gasteiger partial charge in [-0.1, -0.05) is 0 Å². The summed E-state index contributed by atoms with van der Waals surface area (Å²) in [6, 6.07) is 4.39. The first-order valence-electron chi connectivity index (χ1n) is 5.52. The van der Waals surface area contributed by atoms with Crippen LogP contribution in [0.25, 0.3) is 9.75 Å². The summed E-state index contributed by atoms with van der Waals surface area (Å²) in [5.74, 6) is 0. The molecule has 0 N–H and O–H groups in total. The summed E-state index contributed by atoms with van der Waals surface area (Å²) in [5.41, 5.74) is 2.44. The van der Waals surface area contributed by atoms with E-state index >= 15 is 0 Å². The van der Waals surface area contributed by atoms with E-state index in [-0.39, 0.29) is 0 Å². The summed E-state index contributed by atoms with van der Waals surface area (Å²) in [6.07, 6.45) is 0. The van der Waals surface area contributed by atoms with E-state index in [0.29, 0.717) is 0 Å². The highest BCUT2D eigenvalue weighted by atomic mass is 32.1. The lowest BCUT2D eigenvalue weighted by Crippen LogP contribution is -2.29. The van der Waals surface area contributed by atoms with Gasteiger partial charge in [0.05, 0.1) is 10.6 Å². The molecule has 0 fully saturated rings. The van der Waals surface area contributed by atoms with Gasteiger partial charge in [-0.25, -0.2) is 0 Å². The van der Waals surface area contributed by atoms with E-state index in [2.05, 4.69) is 34.3 Å². The predicted octanol–water partition coefficient (Wildman–Crippen LogP) is 4.10. The van der Waals surface area contributed by atoms with E-state index < -0.39 is 7.25 Å². The molecular weight excluding hydrogens is 299 g/mol. The van der Waals surface area contributed by atoms with E-state index in [4.69, 9.17) is 0 Å². The van der Waals surface area contributed by atoms with Crippen LogP contribution in [0.15, 0.2) is 12.1 Å². The van der Waals surface area contributed by atoms with Gasteiger partial charge in [-0.15, -0.1) is 3.96 Å². The fourth-order valence-electron chi connectivity index (χ4n) is 1.39. The summed E-state index contributed by atoms with van der Waals surface area (Å²) >= 11 is 3.40. The molecule has 2 heterocycles. The van der Waals surface area contributed by atoms with E-state index in [1.807, 2.05) is 18.5 Å². The van der Waals surface area contributed by atoms with Crippen LogP contribution < -0.4 is 3.96 Å². The third-order valence-corrected chi connectivity index (χ3v) is 4.44. The molecule has 0 saturated heterocycles. The van der Waals surface area contributed by atoms with Crippen LogP contribution in [0.3, 0.4) is 0 Å². The molecule has 0 saturated carbocycles. The third-order valence-electron chi connectivity index (χ3n) is 2.10. The zero-order valence-corrected chi connectivity index (χ0v) is 12.3. The van der Waals surface area contributed by atoms with Crippen molar-refractivity contribution in [1.29, 1.82) is 0 Å². The molecule has 19 heavy (non-hydrogen) atoms. The molecule has 2 aromatic rings. The van der Waals surface area contributed by atoms with Crippen LogP contribution in [0.1, 0.15) is 18.3 Å². The molecular formula is C10H13BF4N2S2. The first-order chi connectivity index (χ1) is 8.70. The van der Waals surface area contributed by atoms with Crippen molar-refractivity contribution in [3.63, 3.8) is 0 Å². The number of nitrogens with zero attached hydrogens (tertiary/aromatic N) is 2. The third kappa shape index (κ3) is 5.69. The molecule has 2 rings (SSSR count). The molecule has 9 heteroatoms. The molecule has 0 atom stereocenters. The van der Waals surface area contributed by atoms with E-state index in [9.17, 15) is 17.3 Å². The molecule has 106 valence electrons. The van der Waals surface area contributed by atoms with Gasteiger partial charge in [-0.2, -0.15) is 4.37 Å². The van der Waals surface area contributed by atoms with Gasteiger partial charge in [-0.05, 0) is 31.4 Å². The minimum Gasteiger partial charge on any atom is -0.418 e. The standard InChI is InChI=1S/C10H13N2S2.BF4/c1-4-12-8(3)6-10(14-12)9-5-7(2)11-13-9;2-1(3,4)5/h5-6H,4H2,1-3H3;/q+1;-1. The van der Waals surface area contributed by atoms with Crippen LogP contribution in [0.2, 0.25) is 0 Å². The number of aryl methyl sites for hydroxylation is 3. The highest BCUT2D eigenvalue weighted by molar-refractivity contribution is 7.15. The van der Waals surface area contributed by atoms with Crippen LogP contribution in [0.4, 0.5) is 17.3 Å². The Morgan fingerprint density at radius 3 is 2.11 bits per heavy atom. The molecule has 2 aromatic heterocycles. The van der Waals surface area contributed by atoms with Crippen molar-refractivity contribution < 1.29 is 21.2 Å². The Balaban J connectivity index is 0.000000312. The Morgan fingerprint density at radius 2 is 1.74 bits per heavy atom. The second-order valence-electron chi connectivity index (χ2n) is 3.76. The maximum atomic E-state index is 9.75. The molecule has 0 spiro atoms. The van der Waals surface area contributed by atoms with E-state index in [1.165, 1.54) is 15.4 Å². The lowest BCUT2D eigenvalue weighted by molar-refractivity contribution is -0.631. The molecule has 0 amide bonds. The second kappa shape index (κ2) is 6.47. The number of rotatable bonds is 2. The summed E-state index contributed by atoms with van der Waals surface area (Å²) in [7, 11) is -6.00. The minimum atomic E-state index is -6.00. The number of halogens is 4. The van der Waals surface area contributed by atoms with Gasteiger partial charge < -0.3 is 17.3 Å². The molecule has 0 aromatic carbocycles. The van der Waals surface area contributed by atoms with Gasteiger partial charge in [0.1, 0.15) is 16.4 Å². The SMILES string of the molecule is CC[n+]1sc(-c2cc(C)ns2)cc1C.F[B-](F)(F)F. The Labute approximate surface area is 117 Å². The van der Waals surface area contributed by atoms with Crippen molar-refractivity contribution in [3.05, 3.63) is 23.5 Å². The summed E-state index contributed by atoms with van der Waals surface area (Å²) in [6.45, 7) is 7.41. The van der Waals surface area contributed by atoms with Gasteiger partial charge in [0, 0.05) is 13.0 Å². The van der Waals surface area contributed by atoms with Gasteiger partial charge in [0.15, 0.2) is 12.2 Å². The second-order valence-corrected chi connectivity index (χ2v) is 5.63. The molecule has 0 aliphatic carbocycles. The average molecular weight is 312 g/mol. The summed E-state index contributed by atoms with van der Waals surface area (Å²) < 4.78 is 45.6. The number of aromatic nitrogens is 2. The van der Waals surface area contributed by atoms with Crippen LogP contribution in [-0.4, -0.2) is 11.6 Å². The van der Waals surface area contributed by atoms with Gasteiger partial charge in [0.25, 0.3) is 0 Å². The Kier molecular flexibility index (Phi) is 5.48.